The monoisotopic (exact) mass is 309 g/mol. The molecule has 1 aromatic rings. The average molecular weight is 310 g/mol. The van der Waals surface area contributed by atoms with E-state index < -0.39 is 0 Å². The van der Waals surface area contributed by atoms with Crippen LogP contribution in [0, 0.1) is 11.8 Å². The van der Waals surface area contributed by atoms with E-state index in [9.17, 15) is 0 Å². The minimum atomic E-state index is -0.0297. The Hall–Kier alpha value is -0.570. The lowest BCUT2D eigenvalue weighted by Gasteiger charge is -2.36. The minimum absolute atomic E-state index is 0.0285. The van der Waals surface area contributed by atoms with Gasteiger partial charge in [0.15, 0.2) is 0 Å². The molecule has 0 radical (unpaired) electrons. The topological polar surface area (TPSA) is 35.2 Å². The van der Waals surface area contributed by atoms with E-state index in [2.05, 4.69) is 20.8 Å². The van der Waals surface area contributed by atoms with Crippen LogP contribution in [0.1, 0.15) is 58.1 Å². The maximum Gasteiger partial charge on any atom is 0.0979 e. The van der Waals surface area contributed by atoms with Crippen molar-refractivity contribution in [1.82, 2.24) is 0 Å². The van der Waals surface area contributed by atoms with Gasteiger partial charge in [-0.05, 0) is 55.2 Å². The van der Waals surface area contributed by atoms with Crippen molar-refractivity contribution in [3.8, 4) is 0 Å². The van der Waals surface area contributed by atoms with E-state index in [1.807, 2.05) is 24.3 Å². The van der Waals surface area contributed by atoms with Crippen LogP contribution in [0.3, 0.4) is 0 Å². The zero-order valence-corrected chi connectivity index (χ0v) is 14.1. The molecule has 2 N–H and O–H groups in total. The zero-order chi connectivity index (χ0) is 15.4. The Morgan fingerprint density at radius 1 is 1.19 bits per heavy atom. The van der Waals surface area contributed by atoms with Gasteiger partial charge in [-0.1, -0.05) is 44.5 Å². The molecule has 21 heavy (non-hydrogen) atoms. The summed E-state index contributed by atoms with van der Waals surface area (Å²) in [7, 11) is 0. The molecule has 1 fully saturated rings. The van der Waals surface area contributed by atoms with Crippen LogP contribution in [0.15, 0.2) is 24.3 Å². The van der Waals surface area contributed by atoms with E-state index >= 15 is 0 Å². The van der Waals surface area contributed by atoms with E-state index in [-0.39, 0.29) is 12.1 Å². The third kappa shape index (κ3) is 4.45. The summed E-state index contributed by atoms with van der Waals surface area (Å²) in [5, 5.41) is 0.752. The molecule has 1 aromatic carbocycles. The normalized spacial score (nSPS) is 29.1. The summed E-state index contributed by atoms with van der Waals surface area (Å²) >= 11 is 5.98. The number of ether oxygens (including phenoxy) is 1. The largest absolute Gasteiger partial charge is 0.369 e. The van der Waals surface area contributed by atoms with Gasteiger partial charge in [-0.25, -0.2) is 0 Å². The summed E-state index contributed by atoms with van der Waals surface area (Å²) in [5.74, 6) is 1.53. The standard InChI is InChI=1S/C18H28ClNO/c1-4-17(20)18(14-6-8-15(19)9-7-14)21-16-10-5-12(2)13(3)11-16/h6-9,12-13,16-18H,4-5,10-11,20H2,1-3H3. The van der Waals surface area contributed by atoms with Gasteiger partial charge in [0.25, 0.3) is 0 Å². The predicted molar refractivity (Wildman–Crippen MR) is 89.5 cm³/mol. The van der Waals surface area contributed by atoms with Crippen molar-refractivity contribution in [2.75, 3.05) is 0 Å². The van der Waals surface area contributed by atoms with Crippen LogP contribution in [-0.2, 0) is 4.74 Å². The van der Waals surface area contributed by atoms with Crippen LogP contribution in [0.25, 0.3) is 0 Å². The molecule has 0 aliphatic heterocycles. The quantitative estimate of drug-likeness (QED) is 0.834. The first-order valence-electron chi connectivity index (χ1n) is 8.17. The molecule has 118 valence electrons. The Kier molecular flexibility index (Phi) is 6.09. The van der Waals surface area contributed by atoms with Gasteiger partial charge in [0.1, 0.15) is 0 Å². The summed E-state index contributed by atoms with van der Waals surface area (Å²) in [6, 6.07) is 7.94. The Balaban J connectivity index is 2.08. The van der Waals surface area contributed by atoms with Crippen LogP contribution in [0.2, 0.25) is 5.02 Å². The number of rotatable bonds is 5. The molecule has 0 amide bonds. The first kappa shape index (κ1) is 16.8. The first-order chi connectivity index (χ1) is 10.0. The Bertz CT molecular complexity index is 433. The lowest BCUT2D eigenvalue weighted by Crippen LogP contribution is -2.35. The van der Waals surface area contributed by atoms with Gasteiger partial charge in [0.05, 0.1) is 12.2 Å². The molecule has 2 rings (SSSR count). The third-order valence-electron chi connectivity index (χ3n) is 4.95. The molecule has 0 aromatic heterocycles. The molecule has 1 aliphatic carbocycles. The zero-order valence-electron chi connectivity index (χ0n) is 13.4. The van der Waals surface area contributed by atoms with E-state index in [1.165, 1.54) is 6.42 Å². The van der Waals surface area contributed by atoms with Crippen LogP contribution in [0.5, 0.6) is 0 Å². The number of hydrogen-bond donors (Lipinski definition) is 1. The van der Waals surface area contributed by atoms with Crippen LogP contribution in [0.4, 0.5) is 0 Å². The second-order valence-electron chi connectivity index (χ2n) is 6.57. The van der Waals surface area contributed by atoms with Crippen molar-refractivity contribution >= 4 is 11.6 Å². The molecule has 1 saturated carbocycles. The van der Waals surface area contributed by atoms with Crippen LogP contribution in [-0.4, -0.2) is 12.1 Å². The van der Waals surface area contributed by atoms with Crippen molar-refractivity contribution in [2.24, 2.45) is 17.6 Å². The van der Waals surface area contributed by atoms with E-state index in [0.717, 1.165) is 41.7 Å². The molecular weight excluding hydrogens is 282 g/mol. The van der Waals surface area contributed by atoms with Gasteiger partial charge in [0, 0.05) is 11.1 Å². The van der Waals surface area contributed by atoms with Crippen LogP contribution >= 0.6 is 11.6 Å². The highest BCUT2D eigenvalue weighted by atomic mass is 35.5. The highest BCUT2D eigenvalue weighted by Gasteiger charge is 2.29. The summed E-state index contributed by atoms with van der Waals surface area (Å²) in [4.78, 5) is 0. The predicted octanol–water partition coefficient (Wildman–Crippen LogP) is 4.96. The lowest BCUT2D eigenvalue weighted by molar-refractivity contribution is -0.0594. The number of nitrogens with two attached hydrogens (primary N) is 1. The lowest BCUT2D eigenvalue weighted by atomic mass is 9.80. The Morgan fingerprint density at radius 3 is 2.43 bits per heavy atom. The Morgan fingerprint density at radius 2 is 1.86 bits per heavy atom. The molecule has 5 unspecified atom stereocenters. The number of benzene rings is 1. The average Bonchev–Trinajstić information content (AvgIpc) is 2.48. The fraction of sp³-hybridized carbons (Fsp3) is 0.667. The molecule has 5 atom stereocenters. The van der Waals surface area contributed by atoms with Crippen LogP contribution < -0.4 is 5.73 Å². The molecule has 0 heterocycles. The molecule has 0 spiro atoms. The first-order valence-corrected chi connectivity index (χ1v) is 8.55. The number of halogens is 1. The van der Waals surface area contributed by atoms with Crippen molar-refractivity contribution in [1.29, 1.82) is 0 Å². The fourth-order valence-electron chi connectivity index (χ4n) is 3.12. The Labute approximate surface area is 134 Å². The van der Waals surface area contributed by atoms with Gasteiger partial charge in [0.2, 0.25) is 0 Å². The summed E-state index contributed by atoms with van der Waals surface area (Å²) in [6.07, 6.45) is 4.74. The maximum absolute atomic E-state index is 6.42. The second-order valence-corrected chi connectivity index (χ2v) is 7.01. The third-order valence-corrected chi connectivity index (χ3v) is 5.20. The van der Waals surface area contributed by atoms with Crippen molar-refractivity contribution in [3.63, 3.8) is 0 Å². The highest BCUT2D eigenvalue weighted by Crippen LogP contribution is 2.35. The molecule has 1 aliphatic rings. The van der Waals surface area contributed by atoms with E-state index in [1.54, 1.807) is 0 Å². The van der Waals surface area contributed by atoms with Crippen molar-refractivity contribution in [2.45, 2.75) is 64.7 Å². The molecule has 0 bridgehead atoms. The van der Waals surface area contributed by atoms with E-state index in [0.29, 0.717) is 6.10 Å². The van der Waals surface area contributed by atoms with Gasteiger partial charge in [-0.15, -0.1) is 0 Å². The highest BCUT2D eigenvalue weighted by molar-refractivity contribution is 6.30. The van der Waals surface area contributed by atoms with Crippen molar-refractivity contribution in [3.05, 3.63) is 34.9 Å². The molecule has 3 heteroatoms. The maximum atomic E-state index is 6.42. The fourth-order valence-corrected chi connectivity index (χ4v) is 3.25. The summed E-state index contributed by atoms with van der Waals surface area (Å²) in [6.45, 7) is 6.79. The molecule has 2 nitrogen and oxygen atoms in total. The summed E-state index contributed by atoms with van der Waals surface area (Å²) in [5.41, 5.74) is 7.45. The van der Waals surface area contributed by atoms with Crippen molar-refractivity contribution < 1.29 is 4.74 Å². The van der Waals surface area contributed by atoms with Gasteiger partial charge in [-0.3, -0.25) is 0 Å². The smallest absolute Gasteiger partial charge is 0.0979 e. The second kappa shape index (κ2) is 7.62. The van der Waals surface area contributed by atoms with E-state index in [4.69, 9.17) is 22.1 Å². The molecular formula is C18H28ClNO. The van der Waals surface area contributed by atoms with Gasteiger partial charge < -0.3 is 10.5 Å². The molecule has 0 saturated heterocycles. The number of hydrogen-bond acceptors (Lipinski definition) is 2. The SMILES string of the molecule is CCC(N)C(OC1CCC(C)C(C)C1)c1ccc(Cl)cc1. The minimum Gasteiger partial charge on any atom is -0.369 e. The van der Waals surface area contributed by atoms with Gasteiger partial charge in [-0.2, -0.15) is 0 Å². The van der Waals surface area contributed by atoms with Gasteiger partial charge >= 0.3 is 0 Å². The summed E-state index contributed by atoms with van der Waals surface area (Å²) < 4.78 is 6.42.